The Morgan fingerprint density at radius 1 is 1.07 bits per heavy atom. The fourth-order valence-corrected chi connectivity index (χ4v) is 4.09. The van der Waals surface area contributed by atoms with Crippen LogP contribution in [0.2, 0.25) is 0 Å². The number of piperidine rings is 1. The molecule has 3 aliphatic heterocycles. The number of hydrogen-bond acceptors (Lipinski definition) is 3. The Morgan fingerprint density at radius 3 is 2.67 bits per heavy atom. The Balaban J connectivity index is 1.48. The van der Waals surface area contributed by atoms with Gasteiger partial charge in [-0.15, -0.1) is 0 Å². The van der Waals surface area contributed by atoms with E-state index in [1.165, 1.54) is 0 Å². The van der Waals surface area contributed by atoms with Crippen LogP contribution < -0.4 is 5.32 Å². The summed E-state index contributed by atoms with van der Waals surface area (Å²) in [6.45, 7) is 3.99. The number of benzene rings is 1. The van der Waals surface area contributed by atoms with Crippen LogP contribution >= 0.6 is 0 Å². The second-order valence-corrected chi connectivity index (χ2v) is 7.50. The number of rotatable bonds is 2. The van der Waals surface area contributed by atoms with Crippen LogP contribution in [0.15, 0.2) is 48.8 Å². The molecular weight excluding hydrogens is 340 g/mol. The first kappa shape index (κ1) is 17.5. The minimum Gasteiger partial charge on any atom is -0.336 e. The van der Waals surface area contributed by atoms with E-state index in [9.17, 15) is 9.59 Å². The highest BCUT2D eigenvalue weighted by Gasteiger charge is 2.38. The molecule has 0 aliphatic carbocycles. The summed E-state index contributed by atoms with van der Waals surface area (Å²) in [6.07, 6.45) is 5.27. The van der Waals surface area contributed by atoms with Gasteiger partial charge >= 0.3 is 6.03 Å². The summed E-state index contributed by atoms with van der Waals surface area (Å²) in [6, 6.07) is 11.3. The summed E-state index contributed by atoms with van der Waals surface area (Å²) in [7, 11) is 0. The van der Waals surface area contributed by atoms with E-state index in [0.717, 1.165) is 24.1 Å². The van der Waals surface area contributed by atoms with Gasteiger partial charge in [0.05, 0.1) is 6.04 Å². The van der Waals surface area contributed by atoms with Crippen molar-refractivity contribution < 1.29 is 9.59 Å². The summed E-state index contributed by atoms with van der Waals surface area (Å²) < 4.78 is 0. The number of pyridine rings is 1. The zero-order valence-corrected chi connectivity index (χ0v) is 15.5. The summed E-state index contributed by atoms with van der Waals surface area (Å²) in [5, 5.41) is 3.02. The van der Waals surface area contributed by atoms with Crippen molar-refractivity contribution in [3.05, 3.63) is 59.9 Å². The number of amides is 3. The van der Waals surface area contributed by atoms with Crippen molar-refractivity contribution in [2.24, 2.45) is 5.92 Å². The predicted molar refractivity (Wildman–Crippen MR) is 104 cm³/mol. The number of nitrogens with one attached hydrogen (secondary N) is 1. The maximum atomic E-state index is 12.9. The normalized spacial score (nSPS) is 21.7. The molecule has 0 unspecified atom stereocenters. The SMILES string of the molecule is Cc1cccc(NC(=O)N2C[C@H]3CC[C@@H]2CN(C(=O)c2ccncc2)C3)c1. The largest absolute Gasteiger partial charge is 0.336 e. The number of anilines is 1. The van der Waals surface area contributed by atoms with Gasteiger partial charge in [-0.25, -0.2) is 4.79 Å². The van der Waals surface area contributed by atoms with Crippen molar-refractivity contribution in [2.75, 3.05) is 25.0 Å². The van der Waals surface area contributed by atoms with Gasteiger partial charge in [0.2, 0.25) is 0 Å². The highest BCUT2D eigenvalue weighted by Crippen LogP contribution is 2.29. The Hall–Kier alpha value is -2.89. The highest BCUT2D eigenvalue weighted by molar-refractivity contribution is 5.94. The van der Waals surface area contributed by atoms with E-state index in [-0.39, 0.29) is 18.0 Å². The fourth-order valence-electron chi connectivity index (χ4n) is 4.09. The van der Waals surface area contributed by atoms with Crippen molar-refractivity contribution in [2.45, 2.75) is 25.8 Å². The van der Waals surface area contributed by atoms with Gasteiger partial charge in [-0.1, -0.05) is 12.1 Å². The van der Waals surface area contributed by atoms with Gasteiger partial charge in [-0.05, 0) is 55.5 Å². The van der Waals surface area contributed by atoms with Crippen LogP contribution in [0.25, 0.3) is 0 Å². The topological polar surface area (TPSA) is 65.5 Å². The molecular formula is C21H24N4O2. The van der Waals surface area contributed by atoms with Crippen LogP contribution in [0.3, 0.4) is 0 Å². The third-order valence-electron chi connectivity index (χ3n) is 5.46. The molecule has 27 heavy (non-hydrogen) atoms. The molecule has 2 atom stereocenters. The number of aromatic nitrogens is 1. The Morgan fingerprint density at radius 2 is 1.89 bits per heavy atom. The smallest absolute Gasteiger partial charge is 0.322 e. The first-order valence-corrected chi connectivity index (χ1v) is 9.44. The lowest BCUT2D eigenvalue weighted by molar-refractivity contribution is 0.0743. The van der Waals surface area contributed by atoms with Crippen molar-refractivity contribution in [3.63, 3.8) is 0 Å². The quantitative estimate of drug-likeness (QED) is 0.890. The molecule has 0 saturated carbocycles. The second kappa shape index (κ2) is 7.39. The lowest BCUT2D eigenvalue weighted by Gasteiger charge is -2.36. The maximum Gasteiger partial charge on any atom is 0.322 e. The zero-order chi connectivity index (χ0) is 18.8. The van der Waals surface area contributed by atoms with E-state index in [4.69, 9.17) is 0 Å². The molecule has 0 spiro atoms. The average Bonchev–Trinajstić information content (AvgIpc) is 3.00. The monoisotopic (exact) mass is 364 g/mol. The van der Waals surface area contributed by atoms with Crippen LogP contribution in [0.4, 0.5) is 10.5 Å². The van der Waals surface area contributed by atoms with Crippen LogP contribution in [0.5, 0.6) is 0 Å². The molecule has 3 aliphatic rings. The number of urea groups is 1. The highest BCUT2D eigenvalue weighted by atomic mass is 16.2. The van der Waals surface area contributed by atoms with E-state index in [1.807, 2.05) is 41.0 Å². The lowest BCUT2D eigenvalue weighted by atomic mass is 9.95. The number of hydrogen-bond donors (Lipinski definition) is 1. The molecule has 5 rings (SSSR count). The van der Waals surface area contributed by atoms with Gasteiger partial charge in [-0.3, -0.25) is 9.78 Å². The molecule has 2 bridgehead atoms. The minimum atomic E-state index is -0.0755. The van der Waals surface area contributed by atoms with E-state index >= 15 is 0 Å². The summed E-state index contributed by atoms with van der Waals surface area (Å²) in [4.78, 5) is 33.5. The number of carbonyl (C=O) groups excluding carboxylic acids is 2. The molecule has 4 heterocycles. The van der Waals surface area contributed by atoms with Gasteiger partial charge in [0, 0.05) is 43.3 Å². The third-order valence-corrected chi connectivity index (χ3v) is 5.46. The van der Waals surface area contributed by atoms with Crippen molar-refractivity contribution in [1.82, 2.24) is 14.8 Å². The van der Waals surface area contributed by atoms with Gasteiger partial charge in [0.15, 0.2) is 0 Å². The molecule has 0 radical (unpaired) electrons. The first-order chi connectivity index (χ1) is 13.1. The predicted octanol–water partition coefficient (Wildman–Crippen LogP) is 3.16. The van der Waals surface area contributed by atoms with E-state index in [1.54, 1.807) is 24.5 Å². The Bertz CT molecular complexity index is 839. The van der Waals surface area contributed by atoms with Crippen LogP contribution in [0.1, 0.15) is 28.8 Å². The second-order valence-electron chi connectivity index (χ2n) is 7.50. The minimum absolute atomic E-state index is 0.0234. The molecule has 2 aromatic rings. The maximum absolute atomic E-state index is 12.9. The van der Waals surface area contributed by atoms with Crippen LogP contribution in [-0.4, -0.2) is 52.4 Å². The molecule has 140 valence electrons. The molecule has 1 N–H and O–H groups in total. The molecule has 6 heteroatoms. The van der Waals surface area contributed by atoms with Crippen molar-refractivity contribution in [1.29, 1.82) is 0 Å². The fraction of sp³-hybridized carbons (Fsp3) is 0.381. The standard InChI is InChI=1S/C21H24N4O2/c1-15-3-2-4-18(11-15)23-21(27)25-13-16-5-6-19(25)14-24(12-16)20(26)17-7-9-22-10-8-17/h2-4,7-11,16,19H,5-6,12-14H2,1H3,(H,23,27)/t16-,19+/m0/s1. The van der Waals surface area contributed by atoms with Gasteiger partial charge in [-0.2, -0.15) is 0 Å². The molecule has 1 aromatic carbocycles. The van der Waals surface area contributed by atoms with Crippen LogP contribution in [-0.2, 0) is 0 Å². The Kier molecular flexibility index (Phi) is 4.79. The molecule has 3 fully saturated rings. The van der Waals surface area contributed by atoms with E-state index in [0.29, 0.717) is 31.1 Å². The summed E-state index contributed by atoms with van der Waals surface area (Å²) in [5.41, 5.74) is 2.58. The van der Waals surface area contributed by atoms with Gasteiger partial charge in [0.1, 0.15) is 0 Å². The summed E-state index contributed by atoms with van der Waals surface area (Å²) in [5.74, 6) is 0.341. The number of carbonyl (C=O) groups is 2. The van der Waals surface area contributed by atoms with E-state index in [2.05, 4.69) is 10.3 Å². The van der Waals surface area contributed by atoms with Gasteiger partial charge in [0.25, 0.3) is 5.91 Å². The third kappa shape index (κ3) is 3.79. The zero-order valence-electron chi connectivity index (χ0n) is 15.5. The summed E-state index contributed by atoms with van der Waals surface area (Å²) >= 11 is 0. The Labute approximate surface area is 159 Å². The number of aryl methyl sites for hydroxylation is 1. The average molecular weight is 364 g/mol. The number of fused-ring (bicyclic) bond motifs is 4. The molecule has 3 amide bonds. The van der Waals surface area contributed by atoms with Gasteiger partial charge < -0.3 is 15.1 Å². The van der Waals surface area contributed by atoms with Crippen LogP contribution in [0, 0.1) is 12.8 Å². The first-order valence-electron chi connectivity index (χ1n) is 9.44. The van der Waals surface area contributed by atoms with Crippen molar-refractivity contribution in [3.8, 4) is 0 Å². The van der Waals surface area contributed by atoms with Crippen molar-refractivity contribution >= 4 is 17.6 Å². The molecule has 3 saturated heterocycles. The molecule has 6 nitrogen and oxygen atoms in total. The molecule has 1 aromatic heterocycles. The lowest BCUT2D eigenvalue weighted by Crippen LogP contribution is -2.49. The number of nitrogens with zero attached hydrogens (tertiary/aromatic N) is 3. The van der Waals surface area contributed by atoms with E-state index < -0.39 is 0 Å².